The Morgan fingerprint density at radius 3 is 2.43 bits per heavy atom. The molecule has 1 unspecified atom stereocenters. The van der Waals surface area contributed by atoms with Gasteiger partial charge in [0, 0.05) is 39.0 Å². The lowest BCUT2D eigenvalue weighted by Crippen LogP contribution is -2.54. The summed E-state index contributed by atoms with van der Waals surface area (Å²) in [6.07, 6.45) is 6.40. The first kappa shape index (κ1) is 19.0. The average Bonchev–Trinajstić information content (AvgIpc) is 3.25. The lowest BCUT2D eigenvalue weighted by molar-refractivity contribution is -0.146. The minimum atomic E-state index is -0.757. The van der Waals surface area contributed by atoms with Crippen molar-refractivity contribution in [1.29, 1.82) is 0 Å². The second-order valence-electron chi connectivity index (χ2n) is 8.15. The normalized spacial score (nSPS) is 22.7. The van der Waals surface area contributed by atoms with Crippen LogP contribution in [0.1, 0.15) is 54.4 Å². The van der Waals surface area contributed by atoms with Crippen LogP contribution in [0.2, 0.25) is 0 Å². The van der Waals surface area contributed by atoms with E-state index in [1.165, 1.54) is 25.7 Å². The molecule has 1 atom stereocenters. The summed E-state index contributed by atoms with van der Waals surface area (Å²) in [4.78, 5) is 41.1. The van der Waals surface area contributed by atoms with E-state index >= 15 is 0 Å². The summed E-state index contributed by atoms with van der Waals surface area (Å²) in [5, 5.41) is 0. The Morgan fingerprint density at radius 2 is 1.68 bits per heavy atom. The highest BCUT2D eigenvalue weighted by molar-refractivity contribution is 5.95. The number of carbonyl (C=O) groups is 3. The molecule has 3 aliphatic rings. The van der Waals surface area contributed by atoms with Crippen molar-refractivity contribution >= 4 is 17.8 Å². The molecule has 1 saturated heterocycles. The number of amides is 2. The van der Waals surface area contributed by atoms with E-state index in [9.17, 15) is 14.4 Å². The topological polar surface area (TPSA) is 66.9 Å². The van der Waals surface area contributed by atoms with Gasteiger partial charge in [-0.1, -0.05) is 43.9 Å². The molecule has 2 amide bonds. The van der Waals surface area contributed by atoms with Crippen LogP contribution in [0, 0.1) is 5.92 Å². The molecule has 0 aromatic heterocycles. The smallest absolute Gasteiger partial charge is 0.339 e. The first-order valence-corrected chi connectivity index (χ1v) is 10.5. The quantitative estimate of drug-likeness (QED) is 0.748. The Labute approximate surface area is 165 Å². The maximum atomic E-state index is 12.8. The lowest BCUT2D eigenvalue weighted by atomic mass is 9.98. The molecule has 0 radical (unpaired) electrons. The molecule has 1 aliphatic carbocycles. The highest BCUT2D eigenvalue weighted by Crippen LogP contribution is 2.29. The monoisotopic (exact) mass is 384 g/mol. The fourth-order valence-electron chi connectivity index (χ4n) is 4.63. The maximum Gasteiger partial charge on any atom is 0.339 e. The van der Waals surface area contributed by atoms with Crippen molar-refractivity contribution in [3.8, 4) is 0 Å². The molecule has 4 rings (SSSR count). The number of ether oxygens (including phenoxy) is 1. The van der Waals surface area contributed by atoms with Crippen LogP contribution < -0.4 is 0 Å². The van der Waals surface area contributed by atoms with Crippen molar-refractivity contribution < 1.29 is 19.1 Å². The molecule has 0 spiro atoms. The first-order valence-electron chi connectivity index (χ1n) is 10.5. The molecule has 1 aromatic rings. The average molecular weight is 384 g/mol. The number of fused-ring (bicyclic) bond motifs is 1. The Hall–Kier alpha value is -2.37. The van der Waals surface area contributed by atoms with Crippen molar-refractivity contribution in [2.75, 3.05) is 26.2 Å². The molecule has 6 heteroatoms. The van der Waals surface area contributed by atoms with Crippen LogP contribution >= 0.6 is 0 Å². The summed E-state index contributed by atoms with van der Waals surface area (Å²) in [6.45, 7) is 2.13. The van der Waals surface area contributed by atoms with Crippen molar-refractivity contribution in [3.05, 3.63) is 35.4 Å². The van der Waals surface area contributed by atoms with Gasteiger partial charge in [-0.05, 0) is 24.0 Å². The van der Waals surface area contributed by atoms with Gasteiger partial charge >= 0.3 is 5.97 Å². The lowest BCUT2D eigenvalue weighted by Gasteiger charge is -2.37. The van der Waals surface area contributed by atoms with Crippen LogP contribution in [0.5, 0.6) is 0 Å². The molecule has 0 N–H and O–H groups in total. The molecule has 6 nitrogen and oxygen atoms in total. The molecular weight excluding hydrogens is 356 g/mol. The largest absolute Gasteiger partial charge is 0.448 e. The predicted octanol–water partition coefficient (Wildman–Crippen LogP) is 2.41. The molecule has 150 valence electrons. The van der Waals surface area contributed by atoms with Crippen LogP contribution in [-0.4, -0.2) is 59.9 Å². The van der Waals surface area contributed by atoms with E-state index in [2.05, 4.69) is 0 Å². The van der Waals surface area contributed by atoms with Gasteiger partial charge in [0.1, 0.15) is 0 Å². The number of carbonyl (C=O) groups excluding carboxylic acids is 3. The number of piperazine rings is 1. The fourth-order valence-corrected chi connectivity index (χ4v) is 4.63. The molecule has 2 heterocycles. The third kappa shape index (κ3) is 4.05. The summed E-state index contributed by atoms with van der Waals surface area (Å²) < 4.78 is 5.39. The summed E-state index contributed by atoms with van der Waals surface area (Å²) in [6, 6.07) is 7.27. The Balaban J connectivity index is 1.27. The number of esters is 1. The third-order valence-electron chi connectivity index (χ3n) is 6.35. The van der Waals surface area contributed by atoms with Crippen LogP contribution in [0.25, 0.3) is 0 Å². The van der Waals surface area contributed by atoms with Crippen molar-refractivity contribution in [2.45, 2.75) is 51.0 Å². The summed E-state index contributed by atoms with van der Waals surface area (Å²) in [5.41, 5.74) is 1.40. The summed E-state index contributed by atoms with van der Waals surface area (Å²) in [5.74, 6) is 0.342. The Morgan fingerprint density at radius 1 is 1.00 bits per heavy atom. The van der Waals surface area contributed by atoms with Gasteiger partial charge in [0.25, 0.3) is 5.91 Å². The zero-order valence-electron chi connectivity index (χ0n) is 16.3. The highest BCUT2D eigenvalue weighted by atomic mass is 16.5. The molecule has 0 bridgehead atoms. The fraction of sp³-hybridized carbons (Fsp3) is 0.591. The van der Waals surface area contributed by atoms with E-state index in [-0.39, 0.29) is 11.8 Å². The van der Waals surface area contributed by atoms with E-state index in [0.717, 1.165) is 17.9 Å². The van der Waals surface area contributed by atoms with Gasteiger partial charge in [-0.25, -0.2) is 4.79 Å². The number of rotatable bonds is 4. The van der Waals surface area contributed by atoms with E-state index < -0.39 is 12.1 Å². The summed E-state index contributed by atoms with van der Waals surface area (Å²) in [7, 11) is 0. The molecule has 28 heavy (non-hydrogen) atoms. The predicted molar refractivity (Wildman–Crippen MR) is 104 cm³/mol. The minimum absolute atomic E-state index is 0.152. The number of benzene rings is 1. The van der Waals surface area contributed by atoms with Gasteiger partial charge in [-0.3, -0.25) is 9.59 Å². The third-order valence-corrected chi connectivity index (χ3v) is 6.35. The van der Waals surface area contributed by atoms with Gasteiger partial charge in [-0.2, -0.15) is 0 Å². The second-order valence-corrected chi connectivity index (χ2v) is 8.15. The van der Waals surface area contributed by atoms with Crippen molar-refractivity contribution in [1.82, 2.24) is 9.80 Å². The van der Waals surface area contributed by atoms with Crippen LogP contribution in [0.4, 0.5) is 0 Å². The van der Waals surface area contributed by atoms with Crippen molar-refractivity contribution in [3.63, 3.8) is 0 Å². The van der Waals surface area contributed by atoms with E-state index in [1.807, 2.05) is 17.0 Å². The van der Waals surface area contributed by atoms with Crippen molar-refractivity contribution in [2.24, 2.45) is 5.92 Å². The van der Waals surface area contributed by atoms with Gasteiger partial charge < -0.3 is 14.5 Å². The summed E-state index contributed by atoms with van der Waals surface area (Å²) >= 11 is 0. The SMILES string of the molecule is O=C1OC(C(=O)N2CCN(C(=O)CCC3CCCC3)CC2)Cc2ccccc21. The van der Waals surface area contributed by atoms with Crippen LogP contribution in [0.15, 0.2) is 24.3 Å². The zero-order chi connectivity index (χ0) is 19.5. The van der Waals surface area contributed by atoms with Crippen LogP contribution in [0.3, 0.4) is 0 Å². The Kier molecular flexibility index (Phi) is 5.64. The second kappa shape index (κ2) is 8.33. The van der Waals surface area contributed by atoms with E-state index in [0.29, 0.717) is 44.6 Å². The molecule has 1 aromatic carbocycles. The Bertz CT molecular complexity index is 749. The van der Waals surface area contributed by atoms with Gasteiger partial charge in [0.2, 0.25) is 5.91 Å². The first-order chi connectivity index (χ1) is 13.6. The molecule has 2 fully saturated rings. The molecule has 2 aliphatic heterocycles. The maximum absolute atomic E-state index is 12.8. The zero-order valence-corrected chi connectivity index (χ0v) is 16.3. The molecule has 1 saturated carbocycles. The van der Waals surface area contributed by atoms with E-state index in [4.69, 9.17) is 4.74 Å². The molecular formula is C22H28N2O4. The van der Waals surface area contributed by atoms with Gasteiger partial charge in [0.15, 0.2) is 6.10 Å². The van der Waals surface area contributed by atoms with Gasteiger partial charge in [-0.15, -0.1) is 0 Å². The minimum Gasteiger partial charge on any atom is -0.448 e. The number of cyclic esters (lactones) is 1. The van der Waals surface area contributed by atoms with Crippen LogP contribution in [-0.2, 0) is 20.7 Å². The van der Waals surface area contributed by atoms with E-state index in [1.54, 1.807) is 17.0 Å². The van der Waals surface area contributed by atoms with Gasteiger partial charge in [0.05, 0.1) is 5.56 Å². The highest BCUT2D eigenvalue weighted by Gasteiger charge is 2.35. The number of nitrogens with zero attached hydrogens (tertiary/aromatic N) is 2. The number of hydrogen-bond acceptors (Lipinski definition) is 4. The standard InChI is InChI=1S/C22H28N2O4/c25-20(10-9-16-5-1-2-6-16)23-11-13-24(14-12-23)21(26)19-15-17-7-3-4-8-18(17)22(27)28-19/h3-4,7-8,16,19H,1-2,5-6,9-15H2. The number of hydrogen-bond donors (Lipinski definition) is 0.